The van der Waals surface area contributed by atoms with E-state index in [2.05, 4.69) is 10.4 Å². The van der Waals surface area contributed by atoms with Crippen molar-refractivity contribution in [2.24, 2.45) is 0 Å². The number of aliphatic hydroxyl groups excluding tert-OH is 1. The Morgan fingerprint density at radius 2 is 2.00 bits per heavy atom. The highest BCUT2D eigenvalue weighted by atomic mass is 35.5. The Bertz CT molecular complexity index is 1010. The van der Waals surface area contributed by atoms with Gasteiger partial charge in [-0.15, -0.1) is 0 Å². The van der Waals surface area contributed by atoms with Crippen LogP contribution in [0.2, 0.25) is 5.02 Å². The van der Waals surface area contributed by atoms with E-state index in [-0.39, 0.29) is 28.6 Å². The number of anilines is 1. The highest BCUT2D eigenvalue weighted by Crippen LogP contribution is 2.31. The fraction of sp³-hybridized carbons (Fsp3) is 0.158. The van der Waals surface area contributed by atoms with Gasteiger partial charge in [0.25, 0.3) is 5.91 Å². The zero-order chi connectivity index (χ0) is 20.4. The highest BCUT2D eigenvalue weighted by Gasteiger charge is 2.20. The quantitative estimate of drug-likeness (QED) is 0.597. The lowest BCUT2D eigenvalue weighted by molar-refractivity contribution is 0.102. The highest BCUT2D eigenvalue weighted by molar-refractivity contribution is 6.34. The third-order valence-corrected chi connectivity index (χ3v) is 4.45. The fourth-order valence-electron chi connectivity index (χ4n) is 2.73. The third kappa shape index (κ3) is 3.69. The van der Waals surface area contributed by atoms with Crippen LogP contribution in [0, 0.1) is 11.6 Å². The zero-order valence-corrected chi connectivity index (χ0v) is 15.5. The molecule has 0 bridgehead atoms. The summed E-state index contributed by atoms with van der Waals surface area (Å²) in [6.45, 7) is 2.00. The second-order valence-electron chi connectivity index (χ2n) is 5.89. The third-order valence-electron chi connectivity index (χ3n) is 4.13. The summed E-state index contributed by atoms with van der Waals surface area (Å²) in [5, 5.41) is 25.9. The molecule has 6 nitrogen and oxygen atoms in total. The lowest BCUT2D eigenvalue weighted by Crippen LogP contribution is -2.14. The number of hydrogen-bond donors (Lipinski definition) is 3. The van der Waals surface area contributed by atoms with E-state index in [4.69, 9.17) is 11.6 Å². The van der Waals surface area contributed by atoms with Crippen molar-refractivity contribution in [1.82, 2.24) is 9.78 Å². The van der Waals surface area contributed by atoms with Gasteiger partial charge in [-0.3, -0.25) is 9.48 Å². The number of hydrogen-bond acceptors (Lipinski definition) is 4. The van der Waals surface area contributed by atoms with Gasteiger partial charge >= 0.3 is 0 Å². The molecule has 0 saturated carbocycles. The van der Waals surface area contributed by atoms with Crippen molar-refractivity contribution in [1.29, 1.82) is 0 Å². The van der Waals surface area contributed by atoms with Crippen LogP contribution in [0.15, 0.2) is 36.4 Å². The van der Waals surface area contributed by atoms with E-state index in [0.29, 0.717) is 12.2 Å². The van der Waals surface area contributed by atoms with Crippen LogP contribution < -0.4 is 5.32 Å². The number of carbonyl (C=O) groups excluding carboxylic acids is 1. The lowest BCUT2D eigenvalue weighted by atomic mass is 10.1. The number of halogens is 3. The number of aromatic hydroxyl groups is 1. The number of nitrogens with zero attached hydrogens (tertiary/aromatic N) is 2. The zero-order valence-electron chi connectivity index (χ0n) is 14.7. The first-order chi connectivity index (χ1) is 13.3. The molecule has 0 atom stereocenters. The Morgan fingerprint density at radius 3 is 2.61 bits per heavy atom. The predicted octanol–water partition coefficient (Wildman–Crippen LogP) is 3.95. The molecule has 0 aliphatic rings. The summed E-state index contributed by atoms with van der Waals surface area (Å²) < 4.78 is 29.9. The first kappa shape index (κ1) is 19.8. The van der Waals surface area contributed by atoms with Crippen molar-refractivity contribution in [2.75, 3.05) is 5.32 Å². The van der Waals surface area contributed by atoms with Crippen LogP contribution in [0.1, 0.15) is 23.0 Å². The van der Waals surface area contributed by atoms with Crippen LogP contribution in [0.5, 0.6) is 5.75 Å². The summed E-state index contributed by atoms with van der Waals surface area (Å²) in [4.78, 5) is 12.4. The van der Waals surface area contributed by atoms with Gasteiger partial charge in [-0.1, -0.05) is 17.7 Å². The van der Waals surface area contributed by atoms with E-state index in [1.54, 1.807) is 0 Å². The molecular formula is C19H16ClF2N3O3. The van der Waals surface area contributed by atoms with Gasteiger partial charge in [0.2, 0.25) is 0 Å². The Morgan fingerprint density at radius 1 is 1.25 bits per heavy atom. The Hall–Kier alpha value is -2.97. The van der Waals surface area contributed by atoms with Crippen LogP contribution in [-0.2, 0) is 13.2 Å². The summed E-state index contributed by atoms with van der Waals surface area (Å²) in [7, 11) is 0. The van der Waals surface area contributed by atoms with Gasteiger partial charge in [0.05, 0.1) is 34.3 Å². The molecule has 146 valence electrons. The number of nitrogens with one attached hydrogen (secondary N) is 1. The van der Waals surface area contributed by atoms with E-state index in [0.717, 1.165) is 18.2 Å². The molecule has 2 aromatic carbocycles. The van der Waals surface area contributed by atoms with Gasteiger partial charge in [-0.25, -0.2) is 8.78 Å². The van der Waals surface area contributed by atoms with Crippen LogP contribution in [0.25, 0.3) is 11.3 Å². The number of benzene rings is 2. The van der Waals surface area contributed by atoms with E-state index in [1.807, 2.05) is 6.92 Å². The Labute approximate surface area is 164 Å². The maximum Gasteiger partial charge on any atom is 0.259 e. The number of rotatable bonds is 5. The Balaban J connectivity index is 1.96. The molecule has 9 heteroatoms. The summed E-state index contributed by atoms with van der Waals surface area (Å²) >= 11 is 5.86. The average molecular weight is 408 g/mol. The molecular weight excluding hydrogens is 392 g/mol. The van der Waals surface area contributed by atoms with Crippen molar-refractivity contribution < 1.29 is 23.8 Å². The normalized spacial score (nSPS) is 10.9. The number of amides is 1. The molecule has 1 amide bonds. The molecule has 1 aromatic heterocycles. The van der Waals surface area contributed by atoms with Crippen LogP contribution in [0.4, 0.5) is 14.5 Å². The van der Waals surface area contributed by atoms with Gasteiger partial charge in [-0.2, -0.15) is 5.10 Å². The van der Waals surface area contributed by atoms with Crippen molar-refractivity contribution >= 4 is 23.2 Å². The topological polar surface area (TPSA) is 87.4 Å². The number of phenols is 1. The molecule has 28 heavy (non-hydrogen) atoms. The lowest BCUT2D eigenvalue weighted by Gasteiger charge is -2.11. The summed E-state index contributed by atoms with van der Waals surface area (Å²) in [5.74, 6) is -3.02. The fourth-order valence-corrected chi connectivity index (χ4v) is 2.94. The number of para-hydroxylation sites is 1. The second kappa shape index (κ2) is 7.95. The number of carbonyl (C=O) groups is 1. The van der Waals surface area contributed by atoms with Gasteiger partial charge in [0, 0.05) is 12.1 Å². The molecule has 0 unspecified atom stereocenters. The van der Waals surface area contributed by atoms with Crippen LogP contribution >= 0.6 is 11.6 Å². The summed E-state index contributed by atoms with van der Waals surface area (Å²) in [6, 6.07) is 7.23. The number of phenolic OH excluding ortho intramolecular Hbond substituents is 1. The van der Waals surface area contributed by atoms with Gasteiger partial charge < -0.3 is 15.5 Å². The standard InChI is InChI=1S/C19H16ClF2N3O3/c1-2-25-10(9-26)6-16(24-25)11-8-17(27)12(7-15(11)22)19(28)23-18-13(20)4-3-5-14(18)21/h3-8,26-27H,2,9H2,1H3,(H,23,28). The van der Waals surface area contributed by atoms with Gasteiger partial charge in [-0.05, 0) is 37.3 Å². The number of aliphatic hydroxyl groups is 1. The molecule has 0 aliphatic carbocycles. The van der Waals surface area contributed by atoms with Gasteiger partial charge in [0.15, 0.2) is 0 Å². The molecule has 0 spiro atoms. The largest absolute Gasteiger partial charge is 0.507 e. The minimum absolute atomic E-state index is 0.0356. The minimum Gasteiger partial charge on any atom is -0.507 e. The van der Waals surface area contributed by atoms with E-state index >= 15 is 0 Å². The second-order valence-corrected chi connectivity index (χ2v) is 6.30. The molecule has 0 radical (unpaired) electrons. The molecule has 3 N–H and O–H groups in total. The first-order valence-electron chi connectivity index (χ1n) is 8.31. The van der Waals surface area contributed by atoms with Crippen LogP contribution in [0.3, 0.4) is 0 Å². The minimum atomic E-state index is -0.926. The first-order valence-corrected chi connectivity index (χ1v) is 8.69. The monoisotopic (exact) mass is 407 g/mol. The summed E-state index contributed by atoms with van der Waals surface area (Å²) in [5.41, 5.74) is -0.0275. The van der Waals surface area contributed by atoms with Gasteiger partial charge in [0.1, 0.15) is 17.4 Å². The molecule has 0 aliphatic heterocycles. The van der Waals surface area contributed by atoms with Crippen molar-refractivity contribution in [3.05, 3.63) is 64.3 Å². The Kier molecular flexibility index (Phi) is 5.62. The van der Waals surface area contributed by atoms with Crippen molar-refractivity contribution in [3.63, 3.8) is 0 Å². The molecule has 1 heterocycles. The smallest absolute Gasteiger partial charge is 0.259 e. The summed E-state index contributed by atoms with van der Waals surface area (Å²) in [6.07, 6.45) is 0. The molecule has 0 saturated heterocycles. The van der Waals surface area contributed by atoms with E-state index < -0.39 is 28.9 Å². The maximum atomic E-state index is 14.6. The molecule has 3 rings (SSSR count). The average Bonchev–Trinajstić information content (AvgIpc) is 3.09. The maximum absolute atomic E-state index is 14.6. The SMILES string of the molecule is CCn1nc(-c2cc(O)c(C(=O)Nc3c(F)cccc3Cl)cc2F)cc1CO. The number of aromatic nitrogens is 2. The van der Waals surface area contributed by atoms with Crippen LogP contribution in [-0.4, -0.2) is 25.9 Å². The molecule has 0 fully saturated rings. The van der Waals surface area contributed by atoms with Crippen molar-refractivity contribution in [2.45, 2.75) is 20.1 Å². The predicted molar refractivity (Wildman–Crippen MR) is 100 cm³/mol. The van der Waals surface area contributed by atoms with Crippen molar-refractivity contribution in [3.8, 4) is 17.0 Å². The van der Waals surface area contributed by atoms with E-state index in [1.165, 1.54) is 22.9 Å². The molecule has 3 aromatic rings. The van der Waals surface area contributed by atoms with E-state index in [9.17, 15) is 23.8 Å². The number of aryl methyl sites for hydroxylation is 1.